The van der Waals surface area contributed by atoms with Gasteiger partial charge < -0.3 is 14.3 Å². The monoisotopic (exact) mass is 409 g/mol. The maximum atomic E-state index is 12.9. The van der Waals surface area contributed by atoms with Crippen LogP contribution in [-0.4, -0.2) is 53.6 Å². The van der Waals surface area contributed by atoms with Gasteiger partial charge in [-0.2, -0.15) is 0 Å². The third kappa shape index (κ3) is 4.94. The third-order valence-corrected chi connectivity index (χ3v) is 7.08. The summed E-state index contributed by atoms with van der Waals surface area (Å²) in [6.45, 7) is 9.25. The molecule has 162 valence electrons. The molecule has 0 saturated carbocycles. The number of rotatable bonds is 7. The Labute approximate surface area is 180 Å². The summed E-state index contributed by atoms with van der Waals surface area (Å²) in [4.78, 5) is 17.6. The Hall–Kier alpha value is -2.14. The minimum absolute atomic E-state index is 0.285. The third-order valence-electron chi connectivity index (χ3n) is 7.08. The minimum atomic E-state index is 0.285. The second-order valence-corrected chi connectivity index (χ2v) is 9.34. The van der Waals surface area contributed by atoms with E-state index in [1.807, 2.05) is 13.8 Å². The molecule has 2 fully saturated rings. The van der Waals surface area contributed by atoms with Crippen molar-refractivity contribution >= 4 is 5.91 Å². The molecular formula is C25H35N3O2. The number of nitrogens with zero attached hydrogens (tertiary/aromatic N) is 3. The van der Waals surface area contributed by atoms with Crippen LogP contribution in [0.1, 0.15) is 54.7 Å². The molecule has 2 saturated heterocycles. The fourth-order valence-corrected chi connectivity index (χ4v) is 5.38. The predicted octanol–water partition coefficient (Wildman–Crippen LogP) is 4.17. The van der Waals surface area contributed by atoms with Crippen molar-refractivity contribution in [2.75, 3.05) is 32.7 Å². The van der Waals surface area contributed by atoms with Crippen molar-refractivity contribution in [2.45, 2.75) is 58.8 Å². The summed E-state index contributed by atoms with van der Waals surface area (Å²) in [5.74, 6) is 1.13. The SMILES string of the molecule is Cc1noc(C)c1CCC(=O)N1CC[C@@]2(CCCN(CCCc3ccccc3)C2)C1. The van der Waals surface area contributed by atoms with Crippen LogP contribution in [0, 0.1) is 19.3 Å². The highest BCUT2D eigenvalue weighted by Gasteiger charge is 2.42. The molecular weight excluding hydrogens is 374 g/mol. The summed E-state index contributed by atoms with van der Waals surface area (Å²) in [6, 6.07) is 10.8. The van der Waals surface area contributed by atoms with E-state index in [4.69, 9.17) is 4.52 Å². The van der Waals surface area contributed by atoms with Crippen LogP contribution < -0.4 is 0 Å². The van der Waals surface area contributed by atoms with E-state index in [0.29, 0.717) is 11.8 Å². The lowest BCUT2D eigenvalue weighted by molar-refractivity contribution is -0.130. The number of hydrogen-bond donors (Lipinski definition) is 0. The number of aromatic nitrogens is 1. The van der Waals surface area contributed by atoms with E-state index in [9.17, 15) is 4.79 Å². The molecule has 5 nitrogen and oxygen atoms in total. The van der Waals surface area contributed by atoms with E-state index >= 15 is 0 Å². The summed E-state index contributed by atoms with van der Waals surface area (Å²) < 4.78 is 5.23. The van der Waals surface area contributed by atoms with E-state index < -0.39 is 0 Å². The van der Waals surface area contributed by atoms with Crippen molar-refractivity contribution < 1.29 is 9.32 Å². The molecule has 1 spiro atoms. The second-order valence-electron chi connectivity index (χ2n) is 9.34. The Kier molecular flexibility index (Phi) is 6.57. The average molecular weight is 410 g/mol. The summed E-state index contributed by atoms with van der Waals surface area (Å²) in [7, 11) is 0. The highest BCUT2D eigenvalue weighted by atomic mass is 16.5. The van der Waals surface area contributed by atoms with Crippen molar-refractivity contribution in [2.24, 2.45) is 5.41 Å². The van der Waals surface area contributed by atoms with E-state index in [1.54, 1.807) is 0 Å². The predicted molar refractivity (Wildman–Crippen MR) is 118 cm³/mol. The highest BCUT2D eigenvalue weighted by molar-refractivity contribution is 5.77. The summed E-state index contributed by atoms with van der Waals surface area (Å²) in [5, 5.41) is 4.01. The molecule has 0 aliphatic carbocycles. The van der Waals surface area contributed by atoms with Gasteiger partial charge in [-0.25, -0.2) is 0 Å². The molecule has 1 aromatic carbocycles. The van der Waals surface area contributed by atoms with Crippen molar-refractivity contribution in [3.63, 3.8) is 0 Å². The molecule has 0 N–H and O–H groups in total. The first-order valence-corrected chi connectivity index (χ1v) is 11.5. The van der Waals surface area contributed by atoms with Crippen molar-refractivity contribution in [1.29, 1.82) is 0 Å². The lowest BCUT2D eigenvalue weighted by atomic mass is 9.79. The van der Waals surface area contributed by atoms with E-state index in [1.165, 1.54) is 31.4 Å². The second kappa shape index (κ2) is 9.34. The minimum Gasteiger partial charge on any atom is -0.361 e. The van der Waals surface area contributed by atoms with Crippen LogP contribution >= 0.6 is 0 Å². The Morgan fingerprint density at radius 3 is 2.70 bits per heavy atom. The molecule has 30 heavy (non-hydrogen) atoms. The molecule has 0 radical (unpaired) electrons. The van der Waals surface area contributed by atoms with Gasteiger partial charge in [0.05, 0.1) is 5.69 Å². The van der Waals surface area contributed by atoms with Gasteiger partial charge in [-0.1, -0.05) is 35.5 Å². The zero-order valence-corrected chi connectivity index (χ0v) is 18.5. The van der Waals surface area contributed by atoms with Crippen molar-refractivity contribution in [3.05, 3.63) is 52.9 Å². The van der Waals surface area contributed by atoms with Crippen LogP contribution in [0.25, 0.3) is 0 Å². The van der Waals surface area contributed by atoms with E-state index in [-0.39, 0.29) is 5.91 Å². The van der Waals surface area contributed by atoms with Gasteiger partial charge in [-0.05, 0) is 71.0 Å². The van der Waals surface area contributed by atoms with E-state index in [0.717, 1.165) is 62.5 Å². The lowest BCUT2D eigenvalue weighted by Gasteiger charge is -2.40. The summed E-state index contributed by atoms with van der Waals surface area (Å²) >= 11 is 0. The summed E-state index contributed by atoms with van der Waals surface area (Å²) in [6.07, 6.45) is 7.31. The maximum Gasteiger partial charge on any atom is 0.222 e. The Morgan fingerprint density at radius 1 is 1.10 bits per heavy atom. The fourth-order valence-electron chi connectivity index (χ4n) is 5.38. The molecule has 2 aliphatic rings. The van der Waals surface area contributed by atoms with E-state index in [2.05, 4.69) is 45.3 Å². The standard InChI is InChI=1S/C25H35N3O2/c1-20-23(21(2)30-26-20)11-12-24(29)28-17-14-25(19-28)13-7-16-27(18-25)15-6-10-22-8-4-3-5-9-22/h3-5,8-9H,6-7,10-19H2,1-2H3/t25-/m1/s1. The molecule has 1 amide bonds. The quantitative estimate of drug-likeness (QED) is 0.689. The molecule has 4 rings (SSSR count). The van der Waals surface area contributed by atoms with Crippen LogP contribution in [0.15, 0.2) is 34.9 Å². The first-order valence-electron chi connectivity index (χ1n) is 11.5. The van der Waals surface area contributed by atoms with Crippen LogP contribution in [-0.2, 0) is 17.6 Å². The van der Waals surface area contributed by atoms with Gasteiger partial charge >= 0.3 is 0 Å². The molecule has 5 heteroatoms. The van der Waals surface area contributed by atoms with Gasteiger partial charge in [0.1, 0.15) is 5.76 Å². The van der Waals surface area contributed by atoms with Gasteiger partial charge in [0.2, 0.25) is 5.91 Å². The highest BCUT2D eigenvalue weighted by Crippen LogP contribution is 2.39. The molecule has 3 heterocycles. The number of aryl methyl sites for hydroxylation is 3. The number of carbonyl (C=O) groups is 1. The van der Waals surface area contributed by atoms with Crippen molar-refractivity contribution in [3.8, 4) is 0 Å². The molecule has 0 unspecified atom stereocenters. The van der Waals surface area contributed by atoms with Crippen LogP contribution in [0.5, 0.6) is 0 Å². The van der Waals surface area contributed by atoms with Gasteiger partial charge in [0.15, 0.2) is 0 Å². The number of piperidine rings is 1. The number of carbonyl (C=O) groups excluding carboxylic acids is 1. The smallest absolute Gasteiger partial charge is 0.222 e. The number of likely N-dealkylation sites (tertiary alicyclic amines) is 2. The molecule has 2 aromatic rings. The molecule has 1 aromatic heterocycles. The zero-order valence-electron chi connectivity index (χ0n) is 18.5. The largest absolute Gasteiger partial charge is 0.361 e. The van der Waals surface area contributed by atoms with Gasteiger partial charge in [-0.3, -0.25) is 4.79 Å². The van der Waals surface area contributed by atoms with Gasteiger partial charge in [0, 0.05) is 37.0 Å². The molecule has 1 atom stereocenters. The Balaban J connectivity index is 1.25. The Bertz CT molecular complexity index is 828. The van der Waals surface area contributed by atoms with Gasteiger partial charge in [-0.15, -0.1) is 0 Å². The van der Waals surface area contributed by atoms with Crippen molar-refractivity contribution in [1.82, 2.24) is 15.0 Å². The summed E-state index contributed by atoms with van der Waals surface area (Å²) in [5.41, 5.74) is 3.75. The normalized spacial score (nSPS) is 22.1. The number of amides is 1. The van der Waals surface area contributed by atoms with Gasteiger partial charge in [0.25, 0.3) is 0 Å². The fraction of sp³-hybridized carbons (Fsp3) is 0.600. The molecule has 0 bridgehead atoms. The number of hydrogen-bond acceptors (Lipinski definition) is 4. The first-order chi connectivity index (χ1) is 14.5. The Morgan fingerprint density at radius 2 is 1.93 bits per heavy atom. The molecule has 2 aliphatic heterocycles. The zero-order chi connectivity index (χ0) is 21.0. The van der Waals surface area contributed by atoms with Crippen LogP contribution in [0.3, 0.4) is 0 Å². The van der Waals surface area contributed by atoms with Crippen LogP contribution in [0.2, 0.25) is 0 Å². The number of benzene rings is 1. The van der Waals surface area contributed by atoms with Crippen LogP contribution in [0.4, 0.5) is 0 Å². The first kappa shape index (κ1) is 21.1. The topological polar surface area (TPSA) is 49.6 Å². The lowest BCUT2D eigenvalue weighted by Crippen LogP contribution is -2.45. The average Bonchev–Trinajstić information content (AvgIpc) is 3.30. The maximum absolute atomic E-state index is 12.9.